The maximum atomic E-state index is 6.00. The van der Waals surface area contributed by atoms with Crippen LogP contribution < -0.4 is 5.32 Å². The third kappa shape index (κ3) is 3.62. The fourth-order valence-electron chi connectivity index (χ4n) is 3.66. The molecule has 1 aromatic carbocycles. The monoisotopic (exact) mass is 273 g/mol. The normalized spacial score (nSPS) is 23.5. The Bertz CT molecular complexity index is 412. The Balaban J connectivity index is 1.43. The van der Waals surface area contributed by atoms with E-state index in [0.717, 1.165) is 13.2 Å². The minimum absolute atomic E-state index is 0.532. The van der Waals surface area contributed by atoms with Gasteiger partial charge in [-0.1, -0.05) is 43.5 Å². The fourth-order valence-corrected chi connectivity index (χ4v) is 3.66. The Labute approximate surface area is 122 Å². The van der Waals surface area contributed by atoms with Gasteiger partial charge < -0.3 is 10.1 Å². The van der Waals surface area contributed by atoms with E-state index in [-0.39, 0.29) is 0 Å². The van der Waals surface area contributed by atoms with Gasteiger partial charge in [0.15, 0.2) is 0 Å². The van der Waals surface area contributed by atoms with E-state index in [2.05, 4.69) is 29.6 Å². The first-order valence-corrected chi connectivity index (χ1v) is 8.36. The summed E-state index contributed by atoms with van der Waals surface area (Å²) in [7, 11) is 0. The minimum Gasteiger partial charge on any atom is -0.377 e. The van der Waals surface area contributed by atoms with Gasteiger partial charge in [0, 0.05) is 12.6 Å². The predicted molar refractivity (Wildman–Crippen MR) is 82.9 cm³/mol. The Kier molecular flexibility index (Phi) is 5.10. The summed E-state index contributed by atoms with van der Waals surface area (Å²) in [6, 6.07) is 9.43. The van der Waals surface area contributed by atoms with Gasteiger partial charge in [-0.2, -0.15) is 0 Å². The highest BCUT2D eigenvalue weighted by atomic mass is 16.5. The van der Waals surface area contributed by atoms with Crippen LogP contribution in [-0.2, 0) is 11.2 Å². The lowest BCUT2D eigenvalue weighted by Gasteiger charge is -2.27. The Hall–Kier alpha value is -0.860. The van der Waals surface area contributed by atoms with Gasteiger partial charge in [0.1, 0.15) is 0 Å². The highest BCUT2D eigenvalue weighted by Gasteiger charge is 2.19. The first kappa shape index (κ1) is 14.1. The zero-order chi connectivity index (χ0) is 13.6. The van der Waals surface area contributed by atoms with E-state index in [4.69, 9.17) is 4.74 Å². The average Bonchev–Trinajstić information content (AvgIpc) is 2.53. The number of nitrogens with one attached hydrogen (secondary N) is 1. The summed E-state index contributed by atoms with van der Waals surface area (Å²) in [6.07, 6.45) is 11.0. The highest BCUT2D eigenvalue weighted by Crippen LogP contribution is 2.29. The molecule has 0 bridgehead atoms. The van der Waals surface area contributed by atoms with Crippen LogP contribution in [0.1, 0.15) is 62.1 Å². The van der Waals surface area contributed by atoms with Crippen LogP contribution in [0.15, 0.2) is 24.3 Å². The standard InChI is InChI=1S/C18H27NO/c1-2-9-16(10-3-1)20-14-13-19-18-12-6-8-15-7-4-5-11-17(15)18/h4-5,7,11,16,18-19H,1-3,6,8-10,12-14H2. The van der Waals surface area contributed by atoms with Gasteiger partial charge in [-0.15, -0.1) is 0 Å². The molecule has 1 fully saturated rings. The summed E-state index contributed by atoms with van der Waals surface area (Å²) >= 11 is 0. The summed E-state index contributed by atoms with van der Waals surface area (Å²) in [5, 5.41) is 3.69. The van der Waals surface area contributed by atoms with Crippen LogP contribution in [0.3, 0.4) is 0 Å². The molecule has 1 saturated carbocycles. The van der Waals surface area contributed by atoms with Crippen LogP contribution >= 0.6 is 0 Å². The summed E-state index contributed by atoms with van der Waals surface area (Å²) in [5.74, 6) is 0. The number of benzene rings is 1. The van der Waals surface area contributed by atoms with Crippen LogP contribution in [0.25, 0.3) is 0 Å². The van der Waals surface area contributed by atoms with Crippen molar-refractivity contribution in [3.05, 3.63) is 35.4 Å². The maximum Gasteiger partial charge on any atom is 0.0594 e. The third-order valence-corrected chi connectivity index (χ3v) is 4.77. The fraction of sp³-hybridized carbons (Fsp3) is 0.667. The first-order valence-electron chi connectivity index (χ1n) is 8.36. The summed E-state index contributed by atoms with van der Waals surface area (Å²) in [4.78, 5) is 0. The quantitative estimate of drug-likeness (QED) is 0.819. The zero-order valence-electron chi connectivity index (χ0n) is 12.4. The molecule has 0 radical (unpaired) electrons. The van der Waals surface area contributed by atoms with Crippen molar-refractivity contribution in [2.24, 2.45) is 0 Å². The van der Waals surface area contributed by atoms with Gasteiger partial charge in [0.2, 0.25) is 0 Å². The van der Waals surface area contributed by atoms with E-state index in [1.807, 2.05) is 0 Å². The lowest BCUT2D eigenvalue weighted by atomic mass is 9.88. The molecule has 2 aliphatic rings. The second-order valence-corrected chi connectivity index (χ2v) is 6.23. The SMILES string of the molecule is c1ccc2c(c1)CCCC2NCCOC1CCCCC1. The smallest absolute Gasteiger partial charge is 0.0594 e. The lowest BCUT2D eigenvalue weighted by molar-refractivity contribution is 0.0292. The van der Waals surface area contributed by atoms with Crippen LogP contribution in [0.2, 0.25) is 0 Å². The molecule has 0 saturated heterocycles. The van der Waals surface area contributed by atoms with E-state index >= 15 is 0 Å². The molecule has 0 aromatic heterocycles. The van der Waals surface area contributed by atoms with Crippen molar-refractivity contribution in [2.75, 3.05) is 13.2 Å². The zero-order valence-corrected chi connectivity index (χ0v) is 12.4. The first-order chi connectivity index (χ1) is 9.93. The molecule has 2 heteroatoms. The van der Waals surface area contributed by atoms with Gasteiger partial charge in [-0.3, -0.25) is 0 Å². The summed E-state index contributed by atoms with van der Waals surface area (Å²) in [5.41, 5.74) is 3.04. The van der Waals surface area contributed by atoms with Crippen molar-refractivity contribution in [1.82, 2.24) is 5.32 Å². The van der Waals surface area contributed by atoms with E-state index < -0.39 is 0 Å². The molecule has 20 heavy (non-hydrogen) atoms. The topological polar surface area (TPSA) is 21.3 Å². The number of hydrogen-bond donors (Lipinski definition) is 1. The van der Waals surface area contributed by atoms with Gasteiger partial charge in [0.25, 0.3) is 0 Å². The van der Waals surface area contributed by atoms with Gasteiger partial charge in [-0.25, -0.2) is 0 Å². The van der Waals surface area contributed by atoms with E-state index in [1.54, 1.807) is 0 Å². The number of hydrogen-bond acceptors (Lipinski definition) is 2. The molecule has 1 aromatic rings. The second kappa shape index (κ2) is 7.24. The Morgan fingerprint density at radius 1 is 1.00 bits per heavy atom. The summed E-state index contributed by atoms with van der Waals surface area (Å²) in [6.45, 7) is 1.85. The highest BCUT2D eigenvalue weighted by molar-refractivity contribution is 5.32. The molecular formula is C18H27NO. The van der Waals surface area contributed by atoms with Crippen molar-refractivity contribution in [3.8, 4) is 0 Å². The van der Waals surface area contributed by atoms with Gasteiger partial charge in [-0.05, 0) is 43.2 Å². The molecule has 1 atom stereocenters. The minimum atomic E-state index is 0.532. The third-order valence-electron chi connectivity index (χ3n) is 4.77. The van der Waals surface area contributed by atoms with E-state index in [9.17, 15) is 0 Å². The molecule has 1 N–H and O–H groups in total. The largest absolute Gasteiger partial charge is 0.377 e. The Morgan fingerprint density at radius 2 is 1.85 bits per heavy atom. The van der Waals surface area contributed by atoms with Crippen molar-refractivity contribution in [1.29, 1.82) is 0 Å². The molecule has 0 amide bonds. The van der Waals surface area contributed by atoms with Gasteiger partial charge >= 0.3 is 0 Å². The number of ether oxygens (including phenoxy) is 1. The predicted octanol–water partition coefficient (Wildman–Crippen LogP) is 4.00. The molecule has 0 spiro atoms. The van der Waals surface area contributed by atoms with E-state index in [0.29, 0.717) is 12.1 Å². The number of rotatable bonds is 5. The number of fused-ring (bicyclic) bond motifs is 1. The molecule has 3 rings (SSSR count). The van der Waals surface area contributed by atoms with Crippen LogP contribution in [0.5, 0.6) is 0 Å². The van der Waals surface area contributed by atoms with Gasteiger partial charge in [0.05, 0.1) is 12.7 Å². The second-order valence-electron chi connectivity index (χ2n) is 6.23. The molecule has 110 valence electrons. The molecular weight excluding hydrogens is 246 g/mol. The van der Waals surface area contributed by atoms with Crippen molar-refractivity contribution < 1.29 is 4.74 Å². The van der Waals surface area contributed by atoms with Crippen molar-refractivity contribution in [2.45, 2.75) is 63.5 Å². The summed E-state index contributed by atoms with van der Waals surface area (Å²) < 4.78 is 6.00. The van der Waals surface area contributed by atoms with Crippen molar-refractivity contribution >= 4 is 0 Å². The molecule has 2 aliphatic carbocycles. The molecule has 0 aliphatic heterocycles. The van der Waals surface area contributed by atoms with E-state index in [1.165, 1.54) is 62.5 Å². The number of aryl methyl sites for hydroxylation is 1. The van der Waals surface area contributed by atoms with Crippen LogP contribution in [0, 0.1) is 0 Å². The van der Waals surface area contributed by atoms with Crippen LogP contribution in [-0.4, -0.2) is 19.3 Å². The maximum absolute atomic E-state index is 6.00. The Morgan fingerprint density at radius 3 is 2.75 bits per heavy atom. The molecule has 2 nitrogen and oxygen atoms in total. The molecule has 0 heterocycles. The molecule has 1 unspecified atom stereocenters. The lowest BCUT2D eigenvalue weighted by Crippen LogP contribution is -2.29. The van der Waals surface area contributed by atoms with Crippen molar-refractivity contribution in [3.63, 3.8) is 0 Å². The van der Waals surface area contributed by atoms with Crippen LogP contribution in [0.4, 0.5) is 0 Å². The average molecular weight is 273 g/mol.